The number of nitrogens with zero attached hydrogens (tertiary/aromatic N) is 3. The number of aromatic nitrogens is 3. The van der Waals surface area contributed by atoms with Crippen LogP contribution in [0.4, 0.5) is 5.95 Å². The highest BCUT2D eigenvalue weighted by atomic mass is 16.1. The van der Waals surface area contributed by atoms with E-state index in [1.807, 2.05) is 12.3 Å². The molecule has 22 heavy (non-hydrogen) atoms. The number of unbranched alkanes of at least 4 members (excludes halogenated alkanes) is 1. The Kier molecular flexibility index (Phi) is 4.71. The van der Waals surface area contributed by atoms with Gasteiger partial charge in [0.05, 0.1) is 0 Å². The monoisotopic (exact) mass is 300 g/mol. The summed E-state index contributed by atoms with van der Waals surface area (Å²) in [6, 6.07) is 3.88. The van der Waals surface area contributed by atoms with Crippen molar-refractivity contribution in [3.8, 4) is 0 Å². The van der Waals surface area contributed by atoms with Gasteiger partial charge in [-0.1, -0.05) is 32.6 Å². The Hall–Kier alpha value is -1.91. The molecule has 3 rings (SSSR count). The quantitative estimate of drug-likeness (QED) is 0.920. The van der Waals surface area contributed by atoms with Gasteiger partial charge in [-0.2, -0.15) is 4.98 Å². The van der Waals surface area contributed by atoms with Crippen molar-refractivity contribution in [1.29, 1.82) is 0 Å². The van der Waals surface area contributed by atoms with Crippen molar-refractivity contribution < 1.29 is 0 Å². The SMILES string of the molecule is CCCCn1c(=O)ccc2cnc(NC3CCCCC3)nc21. The van der Waals surface area contributed by atoms with Crippen LogP contribution in [0.15, 0.2) is 23.1 Å². The molecule has 5 heteroatoms. The van der Waals surface area contributed by atoms with Crippen LogP contribution in [0, 0.1) is 0 Å². The molecular weight excluding hydrogens is 276 g/mol. The fraction of sp³-hybridized carbons (Fsp3) is 0.588. The van der Waals surface area contributed by atoms with Crippen LogP contribution in [-0.2, 0) is 6.54 Å². The zero-order chi connectivity index (χ0) is 15.4. The van der Waals surface area contributed by atoms with E-state index in [4.69, 9.17) is 0 Å². The molecule has 1 aliphatic rings. The normalized spacial score (nSPS) is 16.0. The maximum atomic E-state index is 12.1. The highest BCUT2D eigenvalue weighted by Crippen LogP contribution is 2.21. The summed E-state index contributed by atoms with van der Waals surface area (Å²) < 4.78 is 1.77. The van der Waals surface area contributed by atoms with E-state index in [-0.39, 0.29) is 5.56 Å². The van der Waals surface area contributed by atoms with Crippen LogP contribution in [0.3, 0.4) is 0 Å². The summed E-state index contributed by atoms with van der Waals surface area (Å²) in [7, 11) is 0. The zero-order valence-electron chi connectivity index (χ0n) is 13.2. The summed E-state index contributed by atoms with van der Waals surface area (Å²) in [6.07, 6.45) is 10.1. The van der Waals surface area contributed by atoms with Crippen LogP contribution in [0.5, 0.6) is 0 Å². The Balaban J connectivity index is 1.90. The van der Waals surface area contributed by atoms with Gasteiger partial charge in [-0.15, -0.1) is 0 Å². The van der Waals surface area contributed by atoms with Crippen LogP contribution < -0.4 is 10.9 Å². The lowest BCUT2D eigenvalue weighted by Crippen LogP contribution is -2.24. The minimum Gasteiger partial charge on any atom is -0.351 e. The Morgan fingerprint density at radius 1 is 1.27 bits per heavy atom. The lowest BCUT2D eigenvalue weighted by atomic mass is 9.96. The summed E-state index contributed by atoms with van der Waals surface area (Å²) in [6.45, 7) is 2.84. The number of fused-ring (bicyclic) bond motifs is 1. The van der Waals surface area contributed by atoms with E-state index in [1.165, 1.54) is 32.1 Å². The van der Waals surface area contributed by atoms with E-state index in [2.05, 4.69) is 22.2 Å². The first-order valence-electron chi connectivity index (χ1n) is 8.41. The fourth-order valence-electron chi connectivity index (χ4n) is 3.10. The molecule has 0 spiro atoms. The van der Waals surface area contributed by atoms with Crippen molar-refractivity contribution in [2.75, 3.05) is 5.32 Å². The third-order valence-electron chi connectivity index (χ3n) is 4.40. The maximum absolute atomic E-state index is 12.1. The average Bonchev–Trinajstić information content (AvgIpc) is 2.55. The van der Waals surface area contributed by atoms with Gasteiger partial charge in [-0.05, 0) is 25.3 Å². The topological polar surface area (TPSA) is 59.8 Å². The van der Waals surface area contributed by atoms with Crippen LogP contribution >= 0.6 is 0 Å². The Labute approximate surface area is 130 Å². The molecule has 1 fully saturated rings. The second kappa shape index (κ2) is 6.90. The maximum Gasteiger partial charge on any atom is 0.252 e. The largest absolute Gasteiger partial charge is 0.351 e. The number of anilines is 1. The lowest BCUT2D eigenvalue weighted by molar-refractivity contribution is 0.461. The predicted octanol–water partition coefficient (Wildman–Crippen LogP) is 3.34. The summed E-state index contributed by atoms with van der Waals surface area (Å²) in [4.78, 5) is 21.2. The first-order valence-corrected chi connectivity index (χ1v) is 8.41. The van der Waals surface area contributed by atoms with E-state index in [1.54, 1.807) is 10.6 Å². The summed E-state index contributed by atoms with van der Waals surface area (Å²) >= 11 is 0. The van der Waals surface area contributed by atoms with Gasteiger partial charge in [-0.3, -0.25) is 9.36 Å². The van der Waals surface area contributed by atoms with Crippen molar-refractivity contribution in [2.45, 2.75) is 64.5 Å². The van der Waals surface area contributed by atoms with Crippen LogP contribution in [0.1, 0.15) is 51.9 Å². The molecule has 0 unspecified atom stereocenters. The third-order valence-corrected chi connectivity index (χ3v) is 4.40. The number of aryl methyl sites for hydroxylation is 1. The molecule has 0 amide bonds. The van der Waals surface area contributed by atoms with E-state index in [0.29, 0.717) is 18.5 Å². The van der Waals surface area contributed by atoms with Gasteiger partial charge in [0.15, 0.2) is 0 Å². The van der Waals surface area contributed by atoms with Gasteiger partial charge < -0.3 is 5.32 Å². The molecule has 2 aromatic heterocycles. The molecule has 118 valence electrons. The minimum atomic E-state index is 0.0169. The van der Waals surface area contributed by atoms with Crippen LogP contribution in [0.2, 0.25) is 0 Å². The molecule has 2 heterocycles. The Morgan fingerprint density at radius 2 is 2.09 bits per heavy atom. The number of rotatable bonds is 5. The van der Waals surface area contributed by atoms with E-state index >= 15 is 0 Å². The first-order chi connectivity index (χ1) is 10.8. The van der Waals surface area contributed by atoms with Gasteiger partial charge >= 0.3 is 0 Å². The molecule has 5 nitrogen and oxygen atoms in total. The van der Waals surface area contributed by atoms with Crippen molar-refractivity contribution >= 4 is 17.0 Å². The molecule has 1 N–H and O–H groups in total. The average molecular weight is 300 g/mol. The molecule has 0 aliphatic heterocycles. The van der Waals surface area contributed by atoms with Crippen LogP contribution in [-0.4, -0.2) is 20.6 Å². The van der Waals surface area contributed by atoms with Gasteiger partial charge in [0, 0.05) is 30.2 Å². The van der Waals surface area contributed by atoms with E-state index in [0.717, 1.165) is 23.9 Å². The summed E-state index contributed by atoms with van der Waals surface area (Å²) in [5, 5.41) is 4.36. The summed E-state index contributed by atoms with van der Waals surface area (Å²) in [5.41, 5.74) is 0.762. The van der Waals surface area contributed by atoms with E-state index in [9.17, 15) is 4.79 Å². The minimum absolute atomic E-state index is 0.0169. The molecular formula is C17H24N4O. The number of hydrogen-bond acceptors (Lipinski definition) is 4. The molecule has 1 aliphatic carbocycles. The second-order valence-corrected chi connectivity index (χ2v) is 6.13. The van der Waals surface area contributed by atoms with Gasteiger partial charge in [-0.25, -0.2) is 4.98 Å². The molecule has 1 saturated carbocycles. The van der Waals surface area contributed by atoms with Gasteiger partial charge in [0.25, 0.3) is 5.56 Å². The third kappa shape index (κ3) is 3.29. The standard InChI is InChI=1S/C17H24N4O/c1-2-3-11-21-15(22)10-9-13-12-18-17(20-16(13)21)19-14-7-5-4-6-8-14/h9-10,12,14H,2-8,11H2,1H3,(H,18,19,20). The van der Waals surface area contributed by atoms with Gasteiger partial charge in [0.1, 0.15) is 5.65 Å². The van der Waals surface area contributed by atoms with Gasteiger partial charge in [0.2, 0.25) is 5.95 Å². The molecule has 0 bridgehead atoms. The number of pyridine rings is 1. The van der Waals surface area contributed by atoms with E-state index < -0.39 is 0 Å². The first kappa shape index (κ1) is 15.0. The predicted molar refractivity (Wildman–Crippen MR) is 89.2 cm³/mol. The Bertz CT molecular complexity index is 689. The molecule has 0 saturated heterocycles. The second-order valence-electron chi connectivity index (χ2n) is 6.13. The number of nitrogens with one attached hydrogen (secondary N) is 1. The van der Waals surface area contributed by atoms with Crippen molar-refractivity contribution in [1.82, 2.24) is 14.5 Å². The van der Waals surface area contributed by atoms with Crippen molar-refractivity contribution in [3.63, 3.8) is 0 Å². The molecule has 0 aromatic carbocycles. The van der Waals surface area contributed by atoms with Crippen molar-refractivity contribution in [2.24, 2.45) is 0 Å². The molecule has 2 aromatic rings. The number of hydrogen-bond donors (Lipinski definition) is 1. The molecule has 0 atom stereocenters. The lowest BCUT2D eigenvalue weighted by Gasteiger charge is -2.22. The smallest absolute Gasteiger partial charge is 0.252 e. The van der Waals surface area contributed by atoms with Crippen LogP contribution in [0.25, 0.3) is 11.0 Å². The fourth-order valence-corrected chi connectivity index (χ4v) is 3.10. The highest BCUT2D eigenvalue weighted by Gasteiger charge is 2.14. The highest BCUT2D eigenvalue weighted by molar-refractivity contribution is 5.75. The Morgan fingerprint density at radius 3 is 2.86 bits per heavy atom. The molecule has 0 radical (unpaired) electrons. The zero-order valence-corrected chi connectivity index (χ0v) is 13.2. The van der Waals surface area contributed by atoms with Crippen molar-refractivity contribution in [3.05, 3.63) is 28.7 Å². The summed E-state index contributed by atoms with van der Waals surface area (Å²) in [5.74, 6) is 0.648.